The molecule has 3 rings (SSSR count). The standard InChI is InChI=1S/C17H27NO3/c1-3-8-18-16(15-5-4-13(2)21-15)14-6-9-20-17(11-14)7-10-19-12-17/h4-5,14,16,18H,3,6-12H2,1-2H3. The first-order valence-electron chi connectivity index (χ1n) is 8.24. The summed E-state index contributed by atoms with van der Waals surface area (Å²) in [5.41, 5.74) is -0.0449. The van der Waals surface area contributed by atoms with Gasteiger partial charge in [-0.15, -0.1) is 0 Å². The lowest BCUT2D eigenvalue weighted by Gasteiger charge is -2.40. The second-order valence-electron chi connectivity index (χ2n) is 6.47. The van der Waals surface area contributed by atoms with Gasteiger partial charge in [0.15, 0.2) is 0 Å². The number of rotatable bonds is 5. The highest BCUT2D eigenvalue weighted by molar-refractivity contribution is 5.12. The molecule has 3 atom stereocenters. The minimum atomic E-state index is -0.0449. The summed E-state index contributed by atoms with van der Waals surface area (Å²) in [6.07, 6.45) is 4.31. The van der Waals surface area contributed by atoms with Gasteiger partial charge in [-0.3, -0.25) is 0 Å². The highest BCUT2D eigenvalue weighted by Crippen LogP contribution is 2.41. The number of aryl methyl sites for hydroxylation is 1. The molecule has 1 N–H and O–H groups in total. The molecule has 4 nitrogen and oxygen atoms in total. The van der Waals surface area contributed by atoms with Gasteiger partial charge in [-0.25, -0.2) is 0 Å². The zero-order valence-electron chi connectivity index (χ0n) is 13.2. The van der Waals surface area contributed by atoms with Crippen LogP contribution in [-0.2, 0) is 9.47 Å². The second kappa shape index (κ2) is 6.51. The summed E-state index contributed by atoms with van der Waals surface area (Å²) < 4.78 is 17.6. The van der Waals surface area contributed by atoms with E-state index in [9.17, 15) is 0 Å². The smallest absolute Gasteiger partial charge is 0.121 e. The van der Waals surface area contributed by atoms with Crippen molar-refractivity contribution in [1.82, 2.24) is 5.32 Å². The highest BCUT2D eigenvalue weighted by Gasteiger charge is 2.43. The molecule has 2 saturated heterocycles. The van der Waals surface area contributed by atoms with E-state index < -0.39 is 0 Å². The van der Waals surface area contributed by atoms with Crippen molar-refractivity contribution in [2.75, 3.05) is 26.4 Å². The van der Waals surface area contributed by atoms with Crippen molar-refractivity contribution in [2.24, 2.45) is 5.92 Å². The van der Waals surface area contributed by atoms with Gasteiger partial charge < -0.3 is 19.2 Å². The highest BCUT2D eigenvalue weighted by atomic mass is 16.6. The lowest BCUT2D eigenvalue weighted by atomic mass is 9.80. The molecule has 3 heterocycles. The van der Waals surface area contributed by atoms with Gasteiger partial charge in [0, 0.05) is 19.6 Å². The van der Waals surface area contributed by atoms with Crippen molar-refractivity contribution in [2.45, 2.75) is 51.2 Å². The number of nitrogens with one attached hydrogen (secondary N) is 1. The molecule has 118 valence electrons. The van der Waals surface area contributed by atoms with Gasteiger partial charge in [-0.1, -0.05) is 6.92 Å². The molecule has 0 aliphatic carbocycles. The predicted octanol–water partition coefficient (Wildman–Crippen LogP) is 3.21. The summed E-state index contributed by atoms with van der Waals surface area (Å²) in [6, 6.07) is 4.47. The Bertz CT molecular complexity index is 451. The molecular formula is C17H27NO3. The van der Waals surface area contributed by atoms with Crippen LogP contribution in [0.5, 0.6) is 0 Å². The van der Waals surface area contributed by atoms with Crippen LogP contribution in [0.4, 0.5) is 0 Å². The minimum absolute atomic E-state index is 0.0449. The number of furan rings is 1. The zero-order chi connectivity index (χ0) is 14.7. The Morgan fingerprint density at radius 1 is 1.38 bits per heavy atom. The molecule has 3 unspecified atom stereocenters. The normalized spacial score (nSPS) is 30.9. The zero-order valence-corrected chi connectivity index (χ0v) is 13.2. The SMILES string of the molecule is CCCNC(c1ccc(C)o1)C1CCOC2(CCOC2)C1. The average Bonchev–Trinajstić information content (AvgIpc) is 3.10. The number of hydrogen-bond donors (Lipinski definition) is 1. The lowest BCUT2D eigenvalue weighted by molar-refractivity contribution is -0.104. The quantitative estimate of drug-likeness (QED) is 0.905. The maximum Gasteiger partial charge on any atom is 0.121 e. The Morgan fingerprint density at radius 2 is 2.29 bits per heavy atom. The van der Waals surface area contributed by atoms with E-state index in [0.29, 0.717) is 12.0 Å². The molecule has 4 heteroatoms. The molecule has 1 aromatic heterocycles. The molecule has 0 aromatic carbocycles. The summed E-state index contributed by atoms with van der Waals surface area (Å²) in [5, 5.41) is 3.68. The van der Waals surface area contributed by atoms with E-state index in [2.05, 4.69) is 24.4 Å². The van der Waals surface area contributed by atoms with E-state index in [1.54, 1.807) is 0 Å². The van der Waals surface area contributed by atoms with Crippen molar-refractivity contribution in [3.05, 3.63) is 23.7 Å². The van der Waals surface area contributed by atoms with Gasteiger partial charge in [-0.05, 0) is 50.8 Å². The molecule has 1 spiro atoms. The van der Waals surface area contributed by atoms with Crippen LogP contribution in [0.25, 0.3) is 0 Å². The van der Waals surface area contributed by atoms with Crippen molar-refractivity contribution in [3.63, 3.8) is 0 Å². The van der Waals surface area contributed by atoms with E-state index in [1.165, 1.54) is 0 Å². The number of ether oxygens (including phenoxy) is 2. The maximum absolute atomic E-state index is 6.07. The first kappa shape index (κ1) is 15.1. The summed E-state index contributed by atoms with van der Waals surface area (Å²) >= 11 is 0. The fourth-order valence-corrected chi connectivity index (χ4v) is 3.63. The summed E-state index contributed by atoms with van der Waals surface area (Å²) in [7, 11) is 0. The van der Waals surface area contributed by atoms with Crippen LogP contribution in [0.1, 0.15) is 50.2 Å². The Morgan fingerprint density at radius 3 is 2.95 bits per heavy atom. The van der Waals surface area contributed by atoms with Crippen LogP contribution in [0.15, 0.2) is 16.5 Å². The molecular weight excluding hydrogens is 266 g/mol. The van der Waals surface area contributed by atoms with Crippen LogP contribution in [0, 0.1) is 12.8 Å². The molecule has 21 heavy (non-hydrogen) atoms. The Hall–Kier alpha value is -0.840. The summed E-state index contributed by atoms with van der Waals surface area (Å²) in [4.78, 5) is 0. The van der Waals surface area contributed by atoms with Crippen LogP contribution in [-0.4, -0.2) is 32.0 Å². The molecule has 2 fully saturated rings. The molecule has 0 amide bonds. The summed E-state index contributed by atoms with van der Waals surface area (Å²) in [6.45, 7) is 7.65. The average molecular weight is 293 g/mol. The topological polar surface area (TPSA) is 43.6 Å². The van der Waals surface area contributed by atoms with Crippen molar-refractivity contribution >= 4 is 0 Å². The van der Waals surface area contributed by atoms with Crippen molar-refractivity contribution in [3.8, 4) is 0 Å². The van der Waals surface area contributed by atoms with E-state index in [1.807, 2.05) is 6.92 Å². The van der Waals surface area contributed by atoms with Gasteiger partial charge in [0.1, 0.15) is 11.5 Å². The Labute approximate surface area is 127 Å². The van der Waals surface area contributed by atoms with Crippen molar-refractivity contribution < 1.29 is 13.9 Å². The summed E-state index contributed by atoms with van der Waals surface area (Å²) in [5.74, 6) is 2.61. The van der Waals surface area contributed by atoms with Crippen LogP contribution in [0.3, 0.4) is 0 Å². The Kier molecular flexibility index (Phi) is 4.67. The first-order valence-corrected chi connectivity index (χ1v) is 8.24. The van der Waals surface area contributed by atoms with Gasteiger partial charge >= 0.3 is 0 Å². The van der Waals surface area contributed by atoms with E-state index in [0.717, 1.165) is 63.6 Å². The second-order valence-corrected chi connectivity index (χ2v) is 6.47. The first-order chi connectivity index (χ1) is 10.2. The molecule has 2 aliphatic heterocycles. The maximum atomic E-state index is 6.07. The van der Waals surface area contributed by atoms with Crippen LogP contribution < -0.4 is 5.32 Å². The molecule has 0 radical (unpaired) electrons. The fraction of sp³-hybridized carbons (Fsp3) is 0.765. The van der Waals surface area contributed by atoms with Crippen molar-refractivity contribution in [1.29, 1.82) is 0 Å². The van der Waals surface area contributed by atoms with Gasteiger partial charge in [-0.2, -0.15) is 0 Å². The van der Waals surface area contributed by atoms with Crippen LogP contribution >= 0.6 is 0 Å². The third-order valence-electron chi connectivity index (χ3n) is 4.75. The predicted molar refractivity (Wildman–Crippen MR) is 81.3 cm³/mol. The Balaban J connectivity index is 1.75. The fourth-order valence-electron chi connectivity index (χ4n) is 3.63. The monoisotopic (exact) mass is 293 g/mol. The molecule has 0 bridgehead atoms. The van der Waals surface area contributed by atoms with E-state index in [-0.39, 0.29) is 5.60 Å². The van der Waals surface area contributed by atoms with Crippen LogP contribution in [0.2, 0.25) is 0 Å². The molecule has 1 aromatic rings. The lowest BCUT2D eigenvalue weighted by Crippen LogP contribution is -2.44. The van der Waals surface area contributed by atoms with E-state index >= 15 is 0 Å². The third kappa shape index (κ3) is 3.33. The third-order valence-corrected chi connectivity index (χ3v) is 4.75. The largest absolute Gasteiger partial charge is 0.465 e. The van der Waals surface area contributed by atoms with Gasteiger partial charge in [0.2, 0.25) is 0 Å². The molecule has 0 saturated carbocycles. The van der Waals surface area contributed by atoms with Gasteiger partial charge in [0.25, 0.3) is 0 Å². The van der Waals surface area contributed by atoms with Gasteiger partial charge in [0.05, 0.1) is 18.2 Å². The number of hydrogen-bond acceptors (Lipinski definition) is 4. The molecule has 2 aliphatic rings. The minimum Gasteiger partial charge on any atom is -0.465 e. The van der Waals surface area contributed by atoms with E-state index in [4.69, 9.17) is 13.9 Å².